The van der Waals surface area contributed by atoms with Gasteiger partial charge in [-0.15, -0.1) is 0 Å². The standard InChI is InChI=1S/C30H32F2N6O3/c1-18-13-38-16-20(29(39)23-11-24(31)27(32)30(41-18)28(23)38)15-37(14-19-7-8-34-26(10-19)40-2)22-4-3-9-36(17-22)21-5-6-25(33)35-12-21/h5-8,10-12,16,18,22H,3-4,9,13-15,17H2,1-2H3,(H2,33,35)/t18?,22-/m0/s1. The lowest BCUT2D eigenvalue weighted by Crippen LogP contribution is -2.48. The first-order valence-electron chi connectivity index (χ1n) is 13.7. The molecule has 41 heavy (non-hydrogen) atoms. The van der Waals surface area contributed by atoms with Crippen LogP contribution in [-0.2, 0) is 19.6 Å². The van der Waals surface area contributed by atoms with Crippen LogP contribution in [0, 0.1) is 11.6 Å². The lowest BCUT2D eigenvalue weighted by atomic mass is 10.0. The molecule has 0 saturated carbocycles. The molecule has 2 atom stereocenters. The first-order chi connectivity index (χ1) is 19.8. The lowest BCUT2D eigenvalue weighted by Gasteiger charge is -2.40. The summed E-state index contributed by atoms with van der Waals surface area (Å²) in [5, 5.41) is 0.118. The zero-order valence-corrected chi connectivity index (χ0v) is 23.0. The van der Waals surface area contributed by atoms with E-state index < -0.39 is 11.6 Å². The van der Waals surface area contributed by atoms with E-state index >= 15 is 0 Å². The highest BCUT2D eigenvalue weighted by Crippen LogP contribution is 2.34. The summed E-state index contributed by atoms with van der Waals surface area (Å²) in [6, 6.07) is 8.67. The van der Waals surface area contributed by atoms with E-state index in [4.69, 9.17) is 15.2 Å². The van der Waals surface area contributed by atoms with Gasteiger partial charge in [0.25, 0.3) is 0 Å². The van der Waals surface area contributed by atoms with Gasteiger partial charge in [-0.25, -0.2) is 14.4 Å². The molecule has 0 radical (unpaired) electrons. The zero-order chi connectivity index (χ0) is 28.7. The number of pyridine rings is 3. The van der Waals surface area contributed by atoms with E-state index in [1.165, 1.54) is 0 Å². The zero-order valence-electron chi connectivity index (χ0n) is 23.0. The Balaban J connectivity index is 1.39. The predicted molar refractivity (Wildman–Crippen MR) is 152 cm³/mol. The van der Waals surface area contributed by atoms with Gasteiger partial charge in [0.05, 0.1) is 36.4 Å². The molecular weight excluding hydrogens is 530 g/mol. The van der Waals surface area contributed by atoms with E-state index in [1.54, 1.807) is 38.7 Å². The number of nitrogens with two attached hydrogens (primary N) is 1. The second-order valence-corrected chi connectivity index (χ2v) is 10.8. The first kappa shape index (κ1) is 26.9. The maximum absolute atomic E-state index is 14.7. The van der Waals surface area contributed by atoms with Crippen molar-refractivity contribution < 1.29 is 18.3 Å². The van der Waals surface area contributed by atoms with Crippen molar-refractivity contribution in [3.05, 3.63) is 81.9 Å². The molecule has 0 amide bonds. The number of hydrogen-bond donors (Lipinski definition) is 1. The number of nitrogens with zero attached hydrogens (tertiary/aromatic N) is 5. The number of halogens is 2. The van der Waals surface area contributed by atoms with E-state index in [0.717, 1.165) is 43.2 Å². The molecular formula is C30H32F2N6O3. The monoisotopic (exact) mass is 562 g/mol. The van der Waals surface area contributed by atoms with Crippen molar-refractivity contribution in [1.82, 2.24) is 19.4 Å². The van der Waals surface area contributed by atoms with Crippen LogP contribution in [0.5, 0.6) is 11.6 Å². The van der Waals surface area contributed by atoms with Crippen LogP contribution >= 0.6 is 0 Å². The lowest BCUT2D eigenvalue weighted by molar-refractivity contribution is 0.156. The Hall–Kier alpha value is -4.25. The predicted octanol–water partition coefficient (Wildman–Crippen LogP) is 4.11. The van der Waals surface area contributed by atoms with E-state index in [2.05, 4.69) is 19.8 Å². The van der Waals surface area contributed by atoms with Crippen LogP contribution in [0.3, 0.4) is 0 Å². The summed E-state index contributed by atoms with van der Waals surface area (Å²) in [6.45, 7) is 4.68. The Morgan fingerprint density at radius 1 is 1.17 bits per heavy atom. The topological polar surface area (TPSA) is 98.7 Å². The highest BCUT2D eigenvalue weighted by atomic mass is 19.2. The Morgan fingerprint density at radius 2 is 2.02 bits per heavy atom. The number of aromatic nitrogens is 3. The summed E-state index contributed by atoms with van der Waals surface area (Å²) in [6.07, 6.45) is 6.76. The average molecular weight is 563 g/mol. The molecule has 4 aromatic rings. The molecule has 2 aliphatic rings. The molecule has 6 rings (SSSR count). The Morgan fingerprint density at radius 3 is 2.80 bits per heavy atom. The molecule has 3 aromatic heterocycles. The van der Waals surface area contributed by atoms with Gasteiger partial charge >= 0.3 is 0 Å². The van der Waals surface area contributed by atoms with Gasteiger partial charge < -0.3 is 24.7 Å². The van der Waals surface area contributed by atoms with Gasteiger partial charge in [-0.2, -0.15) is 4.39 Å². The Bertz CT molecular complexity index is 1640. The van der Waals surface area contributed by atoms with Crippen molar-refractivity contribution in [2.75, 3.05) is 30.8 Å². The summed E-state index contributed by atoms with van der Waals surface area (Å²) < 4.78 is 42.0. The maximum atomic E-state index is 14.7. The minimum atomic E-state index is -1.09. The van der Waals surface area contributed by atoms with Crippen molar-refractivity contribution >= 4 is 22.4 Å². The number of anilines is 2. The molecule has 214 valence electrons. The summed E-state index contributed by atoms with van der Waals surface area (Å²) in [5.41, 5.74) is 8.26. The molecule has 5 heterocycles. The molecule has 1 aromatic carbocycles. The minimum Gasteiger partial charge on any atom is -0.483 e. The molecule has 0 aliphatic carbocycles. The fourth-order valence-electron chi connectivity index (χ4n) is 5.91. The quantitative estimate of drug-likeness (QED) is 0.359. The average Bonchev–Trinajstić information content (AvgIpc) is 2.98. The fourth-order valence-corrected chi connectivity index (χ4v) is 5.91. The van der Waals surface area contributed by atoms with Crippen LogP contribution < -0.4 is 25.5 Å². The number of nitrogen functional groups attached to an aromatic ring is 1. The molecule has 1 fully saturated rings. The maximum Gasteiger partial charge on any atom is 0.213 e. The van der Waals surface area contributed by atoms with Gasteiger partial charge in [0.2, 0.25) is 11.7 Å². The number of benzene rings is 1. The first-order valence-corrected chi connectivity index (χ1v) is 13.7. The van der Waals surface area contributed by atoms with E-state index in [0.29, 0.717) is 42.4 Å². The van der Waals surface area contributed by atoms with Gasteiger partial charge in [-0.1, -0.05) is 0 Å². The molecule has 2 N–H and O–H groups in total. The molecule has 9 nitrogen and oxygen atoms in total. The van der Waals surface area contributed by atoms with Crippen molar-refractivity contribution in [2.45, 2.75) is 51.5 Å². The third-order valence-electron chi connectivity index (χ3n) is 7.87. The summed E-state index contributed by atoms with van der Waals surface area (Å²) in [4.78, 5) is 26.8. The Labute approximate surface area is 236 Å². The number of methoxy groups -OCH3 is 1. The third kappa shape index (κ3) is 5.29. The SMILES string of the molecule is COc1cc(CN(Cc2cn3c4c(c(F)c(F)cc4c2=O)OC(C)C3)[C@H]2CCCN(c3ccc(N)nc3)C2)ccn1. The van der Waals surface area contributed by atoms with Crippen molar-refractivity contribution in [2.24, 2.45) is 0 Å². The molecule has 11 heteroatoms. The van der Waals surface area contributed by atoms with Crippen LogP contribution in [0.4, 0.5) is 20.3 Å². The van der Waals surface area contributed by atoms with Crippen molar-refractivity contribution in [3.8, 4) is 11.6 Å². The molecule has 2 aliphatic heterocycles. The van der Waals surface area contributed by atoms with Crippen LogP contribution in [0.2, 0.25) is 0 Å². The number of ether oxygens (including phenoxy) is 2. The van der Waals surface area contributed by atoms with E-state index in [9.17, 15) is 13.6 Å². The van der Waals surface area contributed by atoms with Gasteiger partial charge in [-0.3, -0.25) is 9.69 Å². The fraction of sp³-hybridized carbons (Fsp3) is 0.367. The van der Waals surface area contributed by atoms with E-state index in [-0.39, 0.29) is 28.7 Å². The minimum absolute atomic E-state index is 0.0969. The van der Waals surface area contributed by atoms with Crippen LogP contribution in [0.1, 0.15) is 30.9 Å². The number of hydrogen-bond acceptors (Lipinski definition) is 8. The van der Waals surface area contributed by atoms with Gasteiger partial charge in [-0.05, 0) is 49.6 Å². The second kappa shape index (κ2) is 11.0. The van der Waals surface area contributed by atoms with Crippen LogP contribution in [0.25, 0.3) is 10.9 Å². The van der Waals surface area contributed by atoms with Gasteiger partial charge in [0.1, 0.15) is 11.9 Å². The van der Waals surface area contributed by atoms with Gasteiger partial charge in [0, 0.05) is 56.2 Å². The summed E-state index contributed by atoms with van der Waals surface area (Å²) >= 11 is 0. The number of rotatable bonds is 7. The normalized spacial score (nSPS) is 18.5. The second-order valence-electron chi connectivity index (χ2n) is 10.8. The molecule has 0 bridgehead atoms. The van der Waals surface area contributed by atoms with Crippen molar-refractivity contribution in [3.63, 3.8) is 0 Å². The number of piperidine rings is 1. The largest absolute Gasteiger partial charge is 0.483 e. The van der Waals surface area contributed by atoms with Crippen LogP contribution in [-0.4, -0.2) is 51.8 Å². The third-order valence-corrected chi connectivity index (χ3v) is 7.87. The van der Waals surface area contributed by atoms with E-state index in [1.807, 2.05) is 22.8 Å². The highest BCUT2D eigenvalue weighted by Gasteiger charge is 2.30. The highest BCUT2D eigenvalue weighted by molar-refractivity contribution is 5.86. The van der Waals surface area contributed by atoms with Gasteiger partial charge in [0.15, 0.2) is 17.0 Å². The van der Waals surface area contributed by atoms with Crippen LogP contribution in [0.15, 0.2) is 53.7 Å². The summed E-state index contributed by atoms with van der Waals surface area (Å²) in [7, 11) is 1.58. The summed E-state index contributed by atoms with van der Waals surface area (Å²) in [5.74, 6) is -1.39. The molecule has 1 saturated heterocycles. The Kier molecular flexibility index (Phi) is 7.21. The van der Waals surface area contributed by atoms with Crippen molar-refractivity contribution in [1.29, 1.82) is 0 Å². The molecule has 0 spiro atoms. The smallest absolute Gasteiger partial charge is 0.213 e. The molecule has 1 unspecified atom stereocenters.